The van der Waals surface area contributed by atoms with Crippen molar-refractivity contribution in [3.8, 4) is 0 Å². The van der Waals surface area contributed by atoms with Gasteiger partial charge >= 0.3 is 5.97 Å². The van der Waals surface area contributed by atoms with Gasteiger partial charge in [0.15, 0.2) is 0 Å². The number of nitrogens with one attached hydrogen (secondary N) is 1. The van der Waals surface area contributed by atoms with Crippen molar-refractivity contribution in [3.05, 3.63) is 0 Å². The third-order valence-corrected chi connectivity index (χ3v) is 3.70. The molecule has 1 atom stereocenters. The van der Waals surface area contributed by atoms with E-state index in [1.807, 2.05) is 6.92 Å². The second kappa shape index (κ2) is 8.43. The maximum atomic E-state index is 11.4. The fourth-order valence-electron chi connectivity index (χ4n) is 1.16. The fourth-order valence-corrected chi connectivity index (χ4v) is 2.20. The molecule has 2 N–H and O–H groups in total. The molecule has 0 amide bonds. The molecule has 17 heavy (non-hydrogen) atoms. The molecule has 0 aromatic carbocycles. The van der Waals surface area contributed by atoms with E-state index in [1.54, 1.807) is 0 Å². The second-order valence-electron chi connectivity index (χ2n) is 3.97. The maximum absolute atomic E-state index is 11.4. The number of sulfonamides is 1. The first-order valence-electron chi connectivity index (χ1n) is 5.56. The number of hydrogen-bond acceptors (Lipinski definition) is 5. The van der Waals surface area contributed by atoms with E-state index in [4.69, 9.17) is 5.11 Å². The van der Waals surface area contributed by atoms with Crippen LogP contribution in [0.25, 0.3) is 0 Å². The van der Waals surface area contributed by atoms with Gasteiger partial charge in [-0.1, -0.05) is 6.92 Å². The van der Waals surface area contributed by atoms with E-state index in [0.29, 0.717) is 13.0 Å². The zero-order valence-electron chi connectivity index (χ0n) is 10.3. The maximum Gasteiger partial charge on any atom is 0.306 e. The summed E-state index contributed by atoms with van der Waals surface area (Å²) in [7, 11) is -2.18. The Morgan fingerprint density at radius 2 is 2.12 bits per heavy atom. The molecule has 1 unspecified atom stereocenters. The van der Waals surface area contributed by atoms with Gasteiger partial charge in [-0.05, 0) is 18.8 Å². The summed E-state index contributed by atoms with van der Waals surface area (Å²) in [5.41, 5.74) is 0. The summed E-state index contributed by atoms with van der Waals surface area (Å²) >= 11 is 0. The Bertz CT molecular complexity index is 315. The highest BCUT2D eigenvalue weighted by molar-refractivity contribution is 7.89. The van der Waals surface area contributed by atoms with Gasteiger partial charge in [0.1, 0.15) is 0 Å². The van der Waals surface area contributed by atoms with Crippen molar-refractivity contribution in [1.29, 1.82) is 0 Å². The van der Waals surface area contributed by atoms with Gasteiger partial charge in [-0.15, -0.1) is 0 Å². The quantitative estimate of drug-likeness (QED) is 0.449. The lowest BCUT2D eigenvalue weighted by Gasteiger charge is -2.08. The summed E-state index contributed by atoms with van der Waals surface area (Å²) in [6.07, 6.45) is 1.29. The number of carbonyl (C=O) groups is 1. The van der Waals surface area contributed by atoms with Crippen LogP contribution in [0.1, 0.15) is 26.2 Å². The highest BCUT2D eigenvalue weighted by Crippen LogP contribution is 2.03. The van der Waals surface area contributed by atoms with E-state index in [0.717, 1.165) is 6.42 Å². The number of ether oxygens (including phenoxy) is 1. The largest absolute Gasteiger partial charge is 0.469 e. The molecule has 0 fully saturated rings. The monoisotopic (exact) mass is 267 g/mol. The normalized spacial score (nSPS) is 13.4. The summed E-state index contributed by atoms with van der Waals surface area (Å²) in [4.78, 5) is 10.8. The zero-order chi connectivity index (χ0) is 13.3. The first-order chi connectivity index (χ1) is 7.91. The van der Waals surface area contributed by atoms with E-state index in [2.05, 4.69) is 9.46 Å². The lowest BCUT2D eigenvalue weighted by molar-refractivity contribution is -0.140. The lowest BCUT2D eigenvalue weighted by atomic mass is 10.1. The molecule has 102 valence electrons. The van der Waals surface area contributed by atoms with Crippen LogP contribution in [0.4, 0.5) is 0 Å². The Kier molecular flexibility index (Phi) is 8.11. The Morgan fingerprint density at radius 3 is 2.65 bits per heavy atom. The van der Waals surface area contributed by atoms with E-state index >= 15 is 0 Å². The number of esters is 1. The third kappa shape index (κ3) is 9.08. The van der Waals surface area contributed by atoms with Crippen LogP contribution in [0.3, 0.4) is 0 Å². The molecule has 0 heterocycles. The van der Waals surface area contributed by atoms with Crippen molar-refractivity contribution in [2.24, 2.45) is 5.92 Å². The molecule has 0 aliphatic carbocycles. The van der Waals surface area contributed by atoms with Gasteiger partial charge in [0.05, 0.1) is 19.3 Å². The van der Waals surface area contributed by atoms with Crippen LogP contribution in [0.2, 0.25) is 0 Å². The van der Waals surface area contributed by atoms with E-state index < -0.39 is 16.0 Å². The van der Waals surface area contributed by atoms with Crippen molar-refractivity contribution >= 4 is 16.0 Å². The highest BCUT2D eigenvalue weighted by atomic mass is 32.2. The molecule has 0 saturated heterocycles. The van der Waals surface area contributed by atoms with Crippen LogP contribution in [-0.2, 0) is 19.6 Å². The predicted molar refractivity (Wildman–Crippen MR) is 63.9 cm³/mol. The van der Waals surface area contributed by atoms with E-state index in [1.165, 1.54) is 7.11 Å². The molecule has 0 aromatic rings. The van der Waals surface area contributed by atoms with Crippen LogP contribution >= 0.6 is 0 Å². The summed E-state index contributed by atoms with van der Waals surface area (Å²) in [6, 6.07) is 0. The smallest absolute Gasteiger partial charge is 0.306 e. The topological polar surface area (TPSA) is 92.7 Å². The van der Waals surface area contributed by atoms with Gasteiger partial charge in [0, 0.05) is 13.2 Å². The molecular formula is C10H21NO5S. The standard InChI is InChI=1S/C10H21NO5S/c1-9(8-12)4-3-6-11-17(14,15)7-5-10(13)16-2/h9,11-12H,3-8H2,1-2H3. The molecule has 0 radical (unpaired) electrons. The molecule has 0 aliphatic heterocycles. The molecule has 6 nitrogen and oxygen atoms in total. The van der Waals surface area contributed by atoms with Gasteiger partial charge in [-0.25, -0.2) is 13.1 Å². The van der Waals surface area contributed by atoms with Gasteiger partial charge in [-0.2, -0.15) is 0 Å². The number of rotatable bonds is 9. The van der Waals surface area contributed by atoms with Crippen LogP contribution in [-0.4, -0.2) is 45.5 Å². The van der Waals surface area contributed by atoms with Gasteiger partial charge in [0.2, 0.25) is 10.0 Å². The van der Waals surface area contributed by atoms with Crippen LogP contribution in [0, 0.1) is 5.92 Å². The minimum atomic E-state index is -3.40. The van der Waals surface area contributed by atoms with Crippen molar-refractivity contribution in [3.63, 3.8) is 0 Å². The molecule has 0 aliphatic rings. The number of hydrogen-bond donors (Lipinski definition) is 2. The van der Waals surface area contributed by atoms with Crippen molar-refractivity contribution < 1.29 is 23.1 Å². The summed E-state index contributed by atoms with van der Waals surface area (Å²) in [5.74, 6) is -0.617. The summed E-state index contributed by atoms with van der Waals surface area (Å²) in [5, 5.41) is 8.78. The van der Waals surface area contributed by atoms with Gasteiger partial charge in [-0.3, -0.25) is 4.79 Å². The zero-order valence-corrected chi connectivity index (χ0v) is 11.1. The van der Waals surface area contributed by atoms with E-state index in [-0.39, 0.29) is 24.7 Å². The number of aliphatic hydroxyl groups excluding tert-OH is 1. The van der Waals surface area contributed by atoms with Crippen LogP contribution < -0.4 is 4.72 Å². The molecule has 0 bridgehead atoms. The van der Waals surface area contributed by atoms with Gasteiger partial charge < -0.3 is 9.84 Å². The molecule has 0 aromatic heterocycles. The predicted octanol–water partition coefficient (Wildman–Crippen LogP) is -0.122. The molecular weight excluding hydrogens is 246 g/mol. The van der Waals surface area contributed by atoms with Crippen molar-refractivity contribution in [2.75, 3.05) is 26.0 Å². The molecule has 0 saturated carbocycles. The molecule has 0 spiro atoms. The first kappa shape index (κ1) is 16.3. The second-order valence-corrected chi connectivity index (χ2v) is 5.90. The third-order valence-electron chi connectivity index (χ3n) is 2.31. The Labute approximate surface area is 102 Å². The van der Waals surface area contributed by atoms with E-state index in [9.17, 15) is 13.2 Å². The Hall–Kier alpha value is -0.660. The Morgan fingerprint density at radius 1 is 1.47 bits per heavy atom. The van der Waals surface area contributed by atoms with Crippen molar-refractivity contribution in [2.45, 2.75) is 26.2 Å². The summed E-state index contributed by atoms with van der Waals surface area (Å²) in [6.45, 7) is 2.33. The fraction of sp³-hybridized carbons (Fsp3) is 0.900. The minimum Gasteiger partial charge on any atom is -0.469 e. The van der Waals surface area contributed by atoms with Gasteiger partial charge in [0.25, 0.3) is 0 Å². The average Bonchev–Trinajstić information content (AvgIpc) is 2.31. The SMILES string of the molecule is COC(=O)CCS(=O)(=O)NCCCC(C)CO. The van der Waals surface area contributed by atoms with Crippen molar-refractivity contribution in [1.82, 2.24) is 4.72 Å². The molecule has 7 heteroatoms. The lowest BCUT2D eigenvalue weighted by Crippen LogP contribution is -2.28. The number of aliphatic hydroxyl groups is 1. The van der Waals surface area contributed by atoms with Crippen LogP contribution in [0.15, 0.2) is 0 Å². The number of methoxy groups -OCH3 is 1. The first-order valence-corrected chi connectivity index (χ1v) is 7.21. The average molecular weight is 267 g/mol. The highest BCUT2D eigenvalue weighted by Gasteiger charge is 2.12. The minimum absolute atomic E-state index is 0.106. The van der Waals surface area contributed by atoms with Crippen LogP contribution in [0.5, 0.6) is 0 Å². The molecule has 0 rings (SSSR count). The Balaban J connectivity index is 3.75. The summed E-state index contributed by atoms with van der Waals surface area (Å²) < 4.78 is 29.6. The number of carbonyl (C=O) groups excluding carboxylic acids is 1.